The topological polar surface area (TPSA) is 55.1 Å². The summed E-state index contributed by atoms with van der Waals surface area (Å²) in [5.41, 5.74) is 6.37. The Kier molecular flexibility index (Phi) is 4.68. The predicted molar refractivity (Wildman–Crippen MR) is 79.3 cm³/mol. The van der Waals surface area contributed by atoms with Crippen molar-refractivity contribution in [2.45, 2.75) is 6.92 Å². The summed E-state index contributed by atoms with van der Waals surface area (Å²) in [4.78, 5) is 13.3. The molecule has 0 spiro atoms. The van der Waals surface area contributed by atoms with Crippen LogP contribution in [0.4, 0.5) is 14.5 Å². The van der Waals surface area contributed by atoms with Gasteiger partial charge in [0, 0.05) is 11.8 Å². The second kappa shape index (κ2) is 6.48. The Morgan fingerprint density at radius 2 is 2.10 bits per heavy atom. The number of thiophene rings is 1. The van der Waals surface area contributed by atoms with Crippen molar-refractivity contribution in [3.63, 3.8) is 0 Å². The lowest BCUT2D eigenvalue weighted by Gasteiger charge is -2.03. The second-order valence-electron chi connectivity index (χ2n) is 4.21. The lowest BCUT2D eigenvalue weighted by atomic mass is 10.2. The van der Waals surface area contributed by atoms with E-state index in [0.29, 0.717) is 4.88 Å². The number of carbonyl (C=O) groups is 1. The third-order valence-corrected chi connectivity index (χ3v) is 3.77. The van der Waals surface area contributed by atoms with Crippen molar-refractivity contribution in [1.29, 1.82) is 0 Å². The van der Waals surface area contributed by atoms with Crippen LogP contribution in [0, 0.1) is 30.4 Å². The number of anilines is 1. The van der Waals surface area contributed by atoms with Gasteiger partial charge in [-0.1, -0.05) is 11.8 Å². The van der Waals surface area contributed by atoms with Gasteiger partial charge in [0.15, 0.2) is 11.6 Å². The zero-order valence-corrected chi connectivity index (χ0v) is 12.0. The number of amides is 1. The second-order valence-corrected chi connectivity index (χ2v) is 5.26. The van der Waals surface area contributed by atoms with Gasteiger partial charge < -0.3 is 11.1 Å². The van der Waals surface area contributed by atoms with Gasteiger partial charge in [0.05, 0.1) is 16.3 Å². The molecule has 1 aromatic heterocycles. The number of aryl methyl sites for hydroxylation is 1. The largest absolute Gasteiger partial charge is 0.321 e. The van der Waals surface area contributed by atoms with Gasteiger partial charge in [0.25, 0.3) is 5.91 Å². The lowest BCUT2D eigenvalue weighted by Crippen LogP contribution is -2.10. The monoisotopic (exact) mass is 306 g/mol. The molecule has 0 saturated carbocycles. The van der Waals surface area contributed by atoms with E-state index >= 15 is 0 Å². The number of nitrogens with two attached hydrogens (primary N) is 1. The maximum atomic E-state index is 13.1. The van der Waals surface area contributed by atoms with Gasteiger partial charge in [0.2, 0.25) is 0 Å². The Labute approximate surface area is 124 Å². The number of halogens is 2. The molecule has 3 N–H and O–H groups in total. The molecule has 0 unspecified atom stereocenters. The number of nitrogens with one attached hydrogen (secondary N) is 1. The Balaban J connectivity index is 2.18. The summed E-state index contributed by atoms with van der Waals surface area (Å²) in [6.07, 6.45) is 0. The Morgan fingerprint density at radius 3 is 2.76 bits per heavy atom. The third-order valence-electron chi connectivity index (χ3n) is 2.62. The van der Waals surface area contributed by atoms with Crippen LogP contribution < -0.4 is 11.1 Å². The van der Waals surface area contributed by atoms with Crippen LogP contribution in [-0.2, 0) is 0 Å². The Morgan fingerprint density at radius 1 is 1.33 bits per heavy atom. The van der Waals surface area contributed by atoms with Crippen molar-refractivity contribution in [2.24, 2.45) is 5.73 Å². The minimum Gasteiger partial charge on any atom is -0.321 e. The number of rotatable bonds is 2. The fourth-order valence-corrected chi connectivity index (χ4v) is 2.56. The number of benzene rings is 1. The minimum atomic E-state index is -1.01. The summed E-state index contributed by atoms with van der Waals surface area (Å²) in [7, 11) is 0. The summed E-state index contributed by atoms with van der Waals surface area (Å²) in [6, 6.07) is 4.89. The highest BCUT2D eigenvalue weighted by Gasteiger charge is 2.12. The van der Waals surface area contributed by atoms with E-state index in [1.54, 1.807) is 6.07 Å². The molecule has 1 aromatic carbocycles. The fourth-order valence-electron chi connectivity index (χ4n) is 1.62. The van der Waals surface area contributed by atoms with Crippen molar-refractivity contribution in [3.05, 3.63) is 51.2 Å². The van der Waals surface area contributed by atoms with Crippen molar-refractivity contribution in [3.8, 4) is 11.8 Å². The Bertz CT molecular complexity index is 744. The summed E-state index contributed by atoms with van der Waals surface area (Å²) < 4.78 is 25.9. The average Bonchev–Trinajstić information content (AvgIpc) is 2.82. The highest BCUT2D eigenvalue weighted by molar-refractivity contribution is 7.14. The van der Waals surface area contributed by atoms with Gasteiger partial charge in [0.1, 0.15) is 0 Å². The number of hydrogen-bond acceptors (Lipinski definition) is 3. The third kappa shape index (κ3) is 3.66. The van der Waals surface area contributed by atoms with Crippen LogP contribution in [0.5, 0.6) is 0 Å². The smallest absolute Gasteiger partial charge is 0.265 e. The first-order valence-corrected chi connectivity index (χ1v) is 6.88. The molecule has 0 fully saturated rings. The molecule has 108 valence electrons. The molecule has 21 heavy (non-hydrogen) atoms. The Hall–Kier alpha value is -2.23. The van der Waals surface area contributed by atoms with Crippen LogP contribution in [0.3, 0.4) is 0 Å². The molecule has 0 aliphatic carbocycles. The van der Waals surface area contributed by atoms with Gasteiger partial charge >= 0.3 is 0 Å². The van der Waals surface area contributed by atoms with Gasteiger partial charge in [-0.25, -0.2) is 8.78 Å². The first kappa shape index (κ1) is 15.2. The van der Waals surface area contributed by atoms with E-state index in [2.05, 4.69) is 17.2 Å². The molecule has 2 rings (SSSR count). The molecule has 0 saturated heterocycles. The summed E-state index contributed by atoms with van der Waals surface area (Å²) in [5, 5.41) is 2.51. The minimum absolute atomic E-state index is 0.194. The van der Waals surface area contributed by atoms with E-state index < -0.39 is 17.5 Å². The first-order chi connectivity index (χ1) is 10.0. The molecular weight excluding hydrogens is 294 g/mol. The molecule has 2 aromatic rings. The average molecular weight is 306 g/mol. The zero-order valence-electron chi connectivity index (χ0n) is 11.2. The highest BCUT2D eigenvalue weighted by Crippen LogP contribution is 2.22. The first-order valence-electron chi connectivity index (χ1n) is 6.07. The summed E-state index contributed by atoms with van der Waals surface area (Å²) in [5.74, 6) is 3.25. The van der Waals surface area contributed by atoms with E-state index in [1.165, 1.54) is 17.4 Å². The SMILES string of the molecule is Cc1cc(C(=O)Nc2ccc(F)c(F)c2)sc1C#CCN. The molecule has 3 nitrogen and oxygen atoms in total. The van der Waals surface area contributed by atoms with Crippen molar-refractivity contribution < 1.29 is 13.6 Å². The van der Waals surface area contributed by atoms with E-state index in [0.717, 1.165) is 22.6 Å². The molecule has 0 aliphatic rings. The summed E-state index contributed by atoms with van der Waals surface area (Å²) >= 11 is 1.23. The van der Waals surface area contributed by atoms with Crippen LogP contribution in [0.25, 0.3) is 0 Å². The fraction of sp³-hybridized carbons (Fsp3) is 0.133. The van der Waals surface area contributed by atoms with Gasteiger partial charge in [-0.3, -0.25) is 4.79 Å². The predicted octanol–water partition coefficient (Wildman–Crippen LogP) is 2.90. The zero-order chi connectivity index (χ0) is 15.4. The maximum absolute atomic E-state index is 13.1. The molecule has 0 radical (unpaired) electrons. The number of carbonyl (C=O) groups excluding carboxylic acids is 1. The molecule has 0 aliphatic heterocycles. The van der Waals surface area contributed by atoms with Gasteiger partial charge in [-0.2, -0.15) is 0 Å². The lowest BCUT2D eigenvalue weighted by molar-refractivity contribution is 0.103. The van der Waals surface area contributed by atoms with E-state index in [4.69, 9.17) is 5.73 Å². The molecule has 6 heteroatoms. The standard InChI is InChI=1S/C15H12F2N2OS/c1-9-7-14(21-13(9)3-2-6-18)15(20)19-10-4-5-11(16)12(17)8-10/h4-5,7-8H,6,18H2,1H3,(H,19,20). The number of hydrogen-bond donors (Lipinski definition) is 2. The van der Waals surface area contributed by atoms with Crippen LogP contribution in [0.2, 0.25) is 0 Å². The highest BCUT2D eigenvalue weighted by atomic mass is 32.1. The van der Waals surface area contributed by atoms with Crippen LogP contribution in [-0.4, -0.2) is 12.5 Å². The molecule has 1 amide bonds. The van der Waals surface area contributed by atoms with E-state index in [9.17, 15) is 13.6 Å². The normalized spacial score (nSPS) is 9.90. The van der Waals surface area contributed by atoms with Crippen LogP contribution >= 0.6 is 11.3 Å². The van der Waals surface area contributed by atoms with Crippen molar-refractivity contribution >= 4 is 22.9 Å². The molecule has 1 heterocycles. The summed E-state index contributed by atoms with van der Waals surface area (Å²) in [6.45, 7) is 2.08. The van der Waals surface area contributed by atoms with Crippen molar-refractivity contribution in [2.75, 3.05) is 11.9 Å². The van der Waals surface area contributed by atoms with Crippen molar-refractivity contribution in [1.82, 2.24) is 0 Å². The van der Waals surface area contributed by atoms with Gasteiger partial charge in [-0.15, -0.1) is 11.3 Å². The van der Waals surface area contributed by atoms with Gasteiger partial charge in [-0.05, 0) is 30.7 Å². The molecule has 0 atom stereocenters. The molecule has 0 bridgehead atoms. The molecular formula is C15H12F2N2OS. The quantitative estimate of drug-likeness (QED) is 0.838. The van der Waals surface area contributed by atoms with E-state index in [-0.39, 0.29) is 12.2 Å². The van der Waals surface area contributed by atoms with Crippen LogP contribution in [0.15, 0.2) is 24.3 Å². The van der Waals surface area contributed by atoms with Crippen LogP contribution in [0.1, 0.15) is 20.1 Å². The maximum Gasteiger partial charge on any atom is 0.265 e. The van der Waals surface area contributed by atoms with E-state index in [1.807, 2.05) is 6.92 Å².